The lowest BCUT2D eigenvalue weighted by atomic mass is 10.2. The van der Waals surface area contributed by atoms with Gasteiger partial charge in [-0.1, -0.05) is 48.0 Å². The number of hydrogen-bond acceptors (Lipinski definition) is 3. The summed E-state index contributed by atoms with van der Waals surface area (Å²) in [5, 5.41) is 6.73. The van der Waals surface area contributed by atoms with E-state index in [4.69, 9.17) is 0 Å². The third kappa shape index (κ3) is 3.63. The predicted octanol–water partition coefficient (Wildman–Crippen LogP) is 3.15. The zero-order valence-electron chi connectivity index (χ0n) is 12.4. The third-order valence-corrected chi connectivity index (χ3v) is 3.82. The molecule has 0 N–H and O–H groups in total. The summed E-state index contributed by atoms with van der Waals surface area (Å²) in [5.41, 5.74) is 3.77. The molecule has 3 rings (SSSR count). The van der Waals surface area contributed by atoms with E-state index in [9.17, 15) is 0 Å². The highest BCUT2D eigenvalue weighted by molar-refractivity contribution is 5.79. The number of anilines is 1. The molecule has 2 aromatic carbocycles. The Kier molecular flexibility index (Phi) is 4.20. The Morgan fingerprint density at radius 1 is 0.857 bits per heavy atom. The van der Waals surface area contributed by atoms with Crippen molar-refractivity contribution < 1.29 is 0 Å². The van der Waals surface area contributed by atoms with Gasteiger partial charge in [0.1, 0.15) is 0 Å². The van der Waals surface area contributed by atoms with Gasteiger partial charge in [-0.05, 0) is 24.6 Å². The van der Waals surface area contributed by atoms with E-state index in [2.05, 4.69) is 58.3 Å². The zero-order valence-corrected chi connectivity index (χ0v) is 12.4. The van der Waals surface area contributed by atoms with E-state index in [1.807, 2.05) is 24.4 Å². The minimum absolute atomic E-state index is 0.969. The first-order chi connectivity index (χ1) is 10.3. The highest BCUT2D eigenvalue weighted by Crippen LogP contribution is 2.17. The lowest BCUT2D eigenvalue weighted by molar-refractivity contribution is 0.272. The zero-order chi connectivity index (χ0) is 14.5. The van der Waals surface area contributed by atoms with Crippen molar-refractivity contribution in [3.05, 3.63) is 65.7 Å². The summed E-state index contributed by atoms with van der Waals surface area (Å²) in [6.07, 6.45) is 1.95. The molecule has 2 aromatic rings. The van der Waals surface area contributed by atoms with Gasteiger partial charge < -0.3 is 4.90 Å². The molecule has 0 atom stereocenters. The minimum Gasteiger partial charge on any atom is -0.368 e. The van der Waals surface area contributed by atoms with Gasteiger partial charge >= 0.3 is 0 Å². The number of hydrazone groups is 1. The number of nitrogens with zero attached hydrogens (tertiary/aromatic N) is 3. The van der Waals surface area contributed by atoms with Crippen LogP contribution in [0.2, 0.25) is 0 Å². The first-order valence-electron chi connectivity index (χ1n) is 7.47. The van der Waals surface area contributed by atoms with Gasteiger partial charge in [-0.3, -0.25) is 5.01 Å². The highest BCUT2D eigenvalue weighted by atomic mass is 15.5. The van der Waals surface area contributed by atoms with Crippen LogP contribution in [0.3, 0.4) is 0 Å². The number of hydrogen-bond donors (Lipinski definition) is 0. The molecule has 0 bridgehead atoms. The Labute approximate surface area is 126 Å². The average molecular weight is 279 g/mol. The van der Waals surface area contributed by atoms with Crippen molar-refractivity contribution in [2.24, 2.45) is 5.10 Å². The SMILES string of the molecule is Cc1ccc(N2CCN(/N=C\c3ccccc3)CC2)cc1. The lowest BCUT2D eigenvalue weighted by Crippen LogP contribution is -2.44. The first-order valence-corrected chi connectivity index (χ1v) is 7.47. The second-order valence-electron chi connectivity index (χ2n) is 5.43. The van der Waals surface area contributed by atoms with E-state index in [1.54, 1.807) is 0 Å². The monoisotopic (exact) mass is 279 g/mol. The lowest BCUT2D eigenvalue weighted by Gasteiger charge is -2.34. The second kappa shape index (κ2) is 6.44. The maximum absolute atomic E-state index is 4.58. The summed E-state index contributed by atoms with van der Waals surface area (Å²) in [6.45, 7) is 6.11. The Hall–Kier alpha value is -2.29. The molecule has 0 amide bonds. The van der Waals surface area contributed by atoms with Crippen molar-refractivity contribution in [2.75, 3.05) is 31.1 Å². The maximum Gasteiger partial charge on any atom is 0.0542 e. The van der Waals surface area contributed by atoms with Gasteiger partial charge in [-0.15, -0.1) is 0 Å². The van der Waals surface area contributed by atoms with Crippen molar-refractivity contribution in [2.45, 2.75) is 6.92 Å². The molecule has 0 radical (unpaired) electrons. The summed E-state index contributed by atoms with van der Waals surface area (Å²) < 4.78 is 0. The van der Waals surface area contributed by atoms with Crippen molar-refractivity contribution in [3.63, 3.8) is 0 Å². The summed E-state index contributed by atoms with van der Waals surface area (Å²) >= 11 is 0. The molecule has 0 aliphatic carbocycles. The normalized spacial score (nSPS) is 15.7. The maximum atomic E-state index is 4.58. The third-order valence-electron chi connectivity index (χ3n) is 3.82. The topological polar surface area (TPSA) is 18.8 Å². The Morgan fingerprint density at radius 2 is 1.52 bits per heavy atom. The molecule has 0 aromatic heterocycles. The molecule has 1 fully saturated rings. The predicted molar refractivity (Wildman–Crippen MR) is 89.0 cm³/mol. The molecule has 108 valence electrons. The average Bonchev–Trinajstić information content (AvgIpc) is 2.55. The van der Waals surface area contributed by atoms with Crippen LogP contribution in [0.25, 0.3) is 0 Å². The molecular weight excluding hydrogens is 258 g/mol. The summed E-state index contributed by atoms with van der Waals surface area (Å²) in [5.74, 6) is 0. The smallest absolute Gasteiger partial charge is 0.0542 e. The molecule has 1 aliphatic rings. The molecule has 0 unspecified atom stereocenters. The molecular formula is C18H21N3. The van der Waals surface area contributed by atoms with E-state index < -0.39 is 0 Å². The van der Waals surface area contributed by atoms with Crippen LogP contribution < -0.4 is 4.90 Å². The summed E-state index contributed by atoms with van der Waals surface area (Å²) in [7, 11) is 0. The van der Waals surface area contributed by atoms with Gasteiger partial charge in [-0.25, -0.2) is 0 Å². The molecule has 3 heteroatoms. The van der Waals surface area contributed by atoms with E-state index in [-0.39, 0.29) is 0 Å². The molecule has 21 heavy (non-hydrogen) atoms. The van der Waals surface area contributed by atoms with Crippen LogP contribution in [0.1, 0.15) is 11.1 Å². The van der Waals surface area contributed by atoms with Crippen LogP contribution in [-0.2, 0) is 0 Å². The van der Waals surface area contributed by atoms with Gasteiger partial charge in [0, 0.05) is 18.8 Å². The van der Waals surface area contributed by atoms with Gasteiger partial charge in [0.25, 0.3) is 0 Å². The molecule has 0 saturated carbocycles. The van der Waals surface area contributed by atoms with Crippen LogP contribution in [0.5, 0.6) is 0 Å². The fourth-order valence-corrected chi connectivity index (χ4v) is 2.51. The van der Waals surface area contributed by atoms with Crippen LogP contribution in [0, 0.1) is 6.92 Å². The quantitative estimate of drug-likeness (QED) is 0.804. The Morgan fingerprint density at radius 3 is 2.19 bits per heavy atom. The van der Waals surface area contributed by atoms with Crippen molar-refractivity contribution >= 4 is 11.9 Å². The standard InChI is InChI=1S/C18H21N3/c1-16-7-9-18(10-8-16)20-11-13-21(14-12-20)19-15-17-5-3-2-4-6-17/h2-10,15H,11-14H2,1H3/b19-15-. The van der Waals surface area contributed by atoms with Crippen LogP contribution >= 0.6 is 0 Å². The number of benzene rings is 2. The van der Waals surface area contributed by atoms with E-state index >= 15 is 0 Å². The Balaban J connectivity index is 1.55. The highest BCUT2D eigenvalue weighted by Gasteiger charge is 2.15. The first kappa shape index (κ1) is 13.7. The molecule has 0 spiro atoms. The van der Waals surface area contributed by atoms with Gasteiger partial charge in [0.15, 0.2) is 0 Å². The number of aryl methyl sites for hydroxylation is 1. The fraction of sp³-hybridized carbons (Fsp3) is 0.278. The van der Waals surface area contributed by atoms with E-state index in [1.165, 1.54) is 11.3 Å². The number of piperazine rings is 1. The van der Waals surface area contributed by atoms with Crippen LogP contribution in [0.15, 0.2) is 59.7 Å². The minimum atomic E-state index is 0.969. The number of rotatable bonds is 3. The molecule has 1 saturated heterocycles. The van der Waals surface area contributed by atoms with Crippen molar-refractivity contribution in [1.82, 2.24) is 5.01 Å². The molecule has 1 aliphatic heterocycles. The second-order valence-corrected chi connectivity index (χ2v) is 5.43. The van der Waals surface area contributed by atoms with E-state index in [0.29, 0.717) is 0 Å². The fourth-order valence-electron chi connectivity index (χ4n) is 2.51. The van der Waals surface area contributed by atoms with Gasteiger partial charge in [0.05, 0.1) is 19.3 Å². The van der Waals surface area contributed by atoms with Crippen LogP contribution in [-0.4, -0.2) is 37.4 Å². The summed E-state index contributed by atoms with van der Waals surface area (Å²) in [6, 6.07) is 19.0. The van der Waals surface area contributed by atoms with Crippen molar-refractivity contribution in [3.8, 4) is 0 Å². The molecule has 3 nitrogen and oxygen atoms in total. The van der Waals surface area contributed by atoms with Gasteiger partial charge in [-0.2, -0.15) is 5.10 Å². The molecule has 1 heterocycles. The van der Waals surface area contributed by atoms with Gasteiger partial charge in [0.2, 0.25) is 0 Å². The largest absolute Gasteiger partial charge is 0.368 e. The van der Waals surface area contributed by atoms with Crippen LogP contribution in [0.4, 0.5) is 5.69 Å². The summed E-state index contributed by atoms with van der Waals surface area (Å²) in [4.78, 5) is 2.42. The van der Waals surface area contributed by atoms with Crippen molar-refractivity contribution in [1.29, 1.82) is 0 Å². The Bertz CT molecular complexity index is 582. The van der Waals surface area contributed by atoms with E-state index in [0.717, 1.165) is 31.7 Å².